The molecule has 3 N–H and O–H groups in total. The molecule has 0 aromatic heterocycles. The number of hydrogen-bond donors (Lipinski definition) is 2. The van der Waals surface area contributed by atoms with Gasteiger partial charge in [0.1, 0.15) is 0 Å². The van der Waals surface area contributed by atoms with Crippen LogP contribution in [-0.4, -0.2) is 11.2 Å². The molecule has 0 spiro atoms. The number of rotatable bonds is 3. The van der Waals surface area contributed by atoms with Crippen LogP contribution in [-0.2, 0) is 6.42 Å². The van der Waals surface area contributed by atoms with Gasteiger partial charge in [-0.2, -0.15) is 0 Å². The Kier molecular flexibility index (Phi) is 3.46. The van der Waals surface area contributed by atoms with Crippen LogP contribution in [0.25, 0.3) is 0 Å². The van der Waals surface area contributed by atoms with Crippen LogP contribution >= 0.6 is 0 Å². The summed E-state index contributed by atoms with van der Waals surface area (Å²) in [4.78, 5) is 0. The average molecular weight is 179 g/mol. The van der Waals surface area contributed by atoms with Crippen LogP contribution in [0.2, 0.25) is 0 Å². The summed E-state index contributed by atoms with van der Waals surface area (Å²) in [6.45, 7) is 3.81. The first-order chi connectivity index (χ1) is 6.16. The fourth-order valence-corrected chi connectivity index (χ4v) is 1.44. The minimum atomic E-state index is -0.493. The third-order valence-corrected chi connectivity index (χ3v) is 2.31. The van der Waals surface area contributed by atoms with Gasteiger partial charge in [-0.15, -0.1) is 0 Å². The lowest BCUT2D eigenvalue weighted by atomic mass is 9.96. The Morgan fingerprint density at radius 2 is 2.00 bits per heavy atom. The van der Waals surface area contributed by atoms with Crippen molar-refractivity contribution in [2.24, 2.45) is 5.73 Å². The van der Waals surface area contributed by atoms with E-state index in [9.17, 15) is 5.11 Å². The average Bonchev–Trinajstić information content (AvgIpc) is 2.16. The van der Waals surface area contributed by atoms with Crippen LogP contribution in [0.1, 0.15) is 31.0 Å². The highest BCUT2D eigenvalue weighted by Crippen LogP contribution is 2.19. The molecule has 2 atom stereocenters. The Morgan fingerprint density at radius 3 is 2.54 bits per heavy atom. The van der Waals surface area contributed by atoms with Gasteiger partial charge in [-0.25, -0.2) is 0 Å². The second kappa shape index (κ2) is 4.40. The first kappa shape index (κ1) is 10.2. The lowest BCUT2D eigenvalue weighted by molar-refractivity contribution is 0.164. The molecular weight excluding hydrogens is 162 g/mol. The summed E-state index contributed by atoms with van der Waals surface area (Å²) < 4.78 is 0. The Morgan fingerprint density at radius 1 is 1.38 bits per heavy atom. The van der Waals surface area contributed by atoms with E-state index in [4.69, 9.17) is 5.73 Å². The smallest absolute Gasteiger partial charge is 0.0704 e. The van der Waals surface area contributed by atoms with Gasteiger partial charge < -0.3 is 10.8 Å². The molecule has 13 heavy (non-hydrogen) atoms. The number of aliphatic hydroxyl groups is 1. The Labute approximate surface area is 79.4 Å². The van der Waals surface area contributed by atoms with Crippen molar-refractivity contribution < 1.29 is 5.11 Å². The highest BCUT2D eigenvalue weighted by molar-refractivity contribution is 5.30. The van der Waals surface area contributed by atoms with Crippen molar-refractivity contribution in [1.82, 2.24) is 0 Å². The molecule has 0 saturated heterocycles. The second-order valence-electron chi connectivity index (χ2n) is 3.32. The van der Waals surface area contributed by atoms with E-state index in [1.54, 1.807) is 6.92 Å². The van der Waals surface area contributed by atoms with Gasteiger partial charge in [0.2, 0.25) is 0 Å². The van der Waals surface area contributed by atoms with Gasteiger partial charge in [-0.3, -0.25) is 0 Å². The first-order valence-corrected chi connectivity index (χ1v) is 4.68. The van der Waals surface area contributed by atoms with Gasteiger partial charge in [0.05, 0.1) is 12.1 Å². The van der Waals surface area contributed by atoms with Crippen molar-refractivity contribution in [2.45, 2.75) is 32.4 Å². The molecule has 1 rings (SSSR count). The zero-order chi connectivity index (χ0) is 9.84. The van der Waals surface area contributed by atoms with Gasteiger partial charge in [0.15, 0.2) is 0 Å². The molecule has 72 valence electrons. The number of nitrogens with two attached hydrogens (primary N) is 1. The maximum absolute atomic E-state index is 9.37. The Balaban J connectivity index is 2.98. The van der Waals surface area contributed by atoms with Crippen molar-refractivity contribution >= 4 is 0 Å². The van der Waals surface area contributed by atoms with Crippen LogP contribution < -0.4 is 5.73 Å². The van der Waals surface area contributed by atoms with Gasteiger partial charge in [-0.1, -0.05) is 31.2 Å². The molecular formula is C11H17NO. The molecule has 0 aliphatic rings. The topological polar surface area (TPSA) is 46.2 Å². The standard InChI is InChI=1S/C11H17NO/c1-3-9-6-4-5-7-10(9)11(12)8(2)13/h4-8,11,13H,3,12H2,1-2H3/t8-,11-/m1/s1. The number of aliphatic hydroxyl groups excluding tert-OH is 1. The number of aryl methyl sites for hydroxylation is 1. The minimum absolute atomic E-state index is 0.267. The summed E-state index contributed by atoms with van der Waals surface area (Å²) in [7, 11) is 0. The molecule has 0 unspecified atom stereocenters. The van der Waals surface area contributed by atoms with Crippen LogP contribution in [0.5, 0.6) is 0 Å². The van der Waals surface area contributed by atoms with Crippen LogP contribution in [0.15, 0.2) is 24.3 Å². The van der Waals surface area contributed by atoms with Crippen molar-refractivity contribution in [2.75, 3.05) is 0 Å². The van der Waals surface area contributed by atoms with Gasteiger partial charge in [0, 0.05) is 0 Å². The lowest BCUT2D eigenvalue weighted by Crippen LogP contribution is -2.24. The van der Waals surface area contributed by atoms with E-state index in [2.05, 4.69) is 13.0 Å². The summed E-state index contributed by atoms with van der Waals surface area (Å²) >= 11 is 0. The molecule has 0 amide bonds. The molecule has 0 aliphatic carbocycles. The van der Waals surface area contributed by atoms with Crippen molar-refractivity contribution in [3.63, 3.8) is 0 Å². The molecule has 0 fully saturated rings. The van der Waals surface area contributed by atoms with E-state index >= 15 is 0 Å². The van der Waals surface area contributed by atoms with Gasteiger partial charge in [-0.05, 0) is 24.5 Å². The highest BCUT2D eigenvalue weighted by Gasteiger charge is 2.13. The van der Waals surface area contributed by atoms with E-state index in [1.165, 1.54) is 5.56 Å². The minimum Gasteiger partial charge on any atom is -0.391 e. The third kappa shape index (κ3) is 2.29. The molecule has 0 radical (unpaired) electrons. The molecule has 0 heterocycles. The third-order valence-electron chi connectivity index (χ3n) is 2.31. The summed E-state index contributed by atoms with van der Waals surface area (Å²) in [5.41, 5.74) is 8.14. The highest BCUT2D eigenvalue weighted by atomic mass is 16.3. The van der Waals surface area contributed by atoms with Crippen LogP contribution in [0.4, 0.5) is 0 Å². The molecule has 0 bridgehead atoms. The van der Waals surface area contributed by atoms with Crippen LogP contribution in [0, 0.1) is 0 Å². The zero-order valence-electron chi connectivity index (χ0n) is 8.20. The predicted octanol–water partition coefficient (Wildman–Crippen LogP) is 1.63. The van der Waals surface area contributed by atoms with E-state index in [-0.39, 0.29) is 6.04 Å². The molecule has 2 heteroatoms. The molecule has 0 aliphatic heterocycles. The maximum Gasteiger partial charge on any atom is 0.0704 e. The molecule has 0 saturated carbocycles. The molecule has 1 aromatic rings. The first-order valence-electron chi connectivity index (χ1n) is 4.68. The van der Waals surface area contributed by atoms with E-state index < -0.39 is 6.10 Å². The molecule has 2 nitrogen and oxygen atoms in total. The summed E-state index contributed by atoms with van der Waals surface area (Å²) in [6, 6.07) is 7.72. The fourth-order valence-electron chi connectivity index (χ4n) is 1.44. The number of benzene rings is 1. The van der Waals surface area contributed by atoms with Gasteiger partial charge >= 0.3 is 0 Å². The monoisotopic (exact) mass is 179 g/mol. The normalized spacial score (nSPS) is 15.4. The maximum atomic E-state index is 9.37. The fraction of sp³-hybridized carbons (Fsp3) is 0.455. The Bertz CT molecular complexity index is 271. The van der Waals surface area contributed by atoms with Crippen LogP contribution in [0.3, 0.4) is 0 Å². The summed E-state index contributed by atoms with van der Waals surface area (Å²) in [5.74, 6) is 0. The van der Waals surface area contributed by atoms with E-state index in [1.807, 2.05) is 18.2 Å². The quantitative estimate of drug-likeness (QED) is 0.740. The number of hydrogen-bond acceptors (Lipinski definition) is 2. The summed E-state index contributed by atoms with van der Waals surface area (Å²) in [6.07, 6.45) is 0.462. The zero-order valence-corrected chi connectivity index (χ0v) is 8.20. The molecule has 1 aromatic carbocycles. The SMILES string of the molecule is CCc1ccccc1[C@H](N)[C@@H](C)O. The van der Waals surface area contributed by atoms with Gasteiger partial charge in [0.25, 0.3) is 0 Å². The predicted molar refractivity (Wildman–Crippen MR) is 54.4 cm³/mol. The van der Waals surface area contributed by atoms with Crippen molar-refractivity contribution in [3.8, 4) is 0 Å². The summed E-state index contributed by atoms with van der Waals surface area (Å²) in [5, 5.41) is 9.37. The second-order valence-corrected chi connectivity index (χ2v) is 3.32. The van der Waals surface area contributed by atoms with Crippen molar-refractivity contribution in [3.05, 3.63) is 35.4 Å². The Hall–Kier alpha value is -0.860. The van der Waals surface area contributed by atoms with E-state index in [0.29, 0.717) is 0 Å². The largest absolute Gasteiger partial charge is 0.391 e. The van der Waals surface area contributed by atoms with Crippen molar-refractivity contribution in [1.29, 1.82) is 0 Å². The van der Waals surface area contributed by atoms with E-state index in [0.717, 1.165) is 12.0 Å². The lowest BCUT2D eigenvalue weighted by Gasteiger charge is -2.18.